The lowest BCUT2D eigenvalue weighted by atomic mass is 9.87. The predicted molar refractivity (Wildman–Crippen MR) is 90.3 cm³/mol. The van der Waals surface area contributed by atoms with Gasteiger partial charge in [0.15, 0.2) is 0 Å². The highest BCUT2D eigenvalue weighted by Crippen LogP contribution is 2.39. The van der Waals surface area contributed by atoms with Crippen LogP contribution in [0, 0.1) is 6.92 Å². The molecule has 0 aliphatic carbocycles. The third-order valence-electron chi connectivity index (χ3n) is 3.81. The highest BCUT2D eigenvalue weighted by molar-refractivity contribution is 5.94. The van der Waals surface area contributed by atoms with E-state index in [0.29, 0.717) is 0 Å². The van der Waals surface area contributed by atoms with Crippen molar-refractivity contribution in [1.29, 1.82) is 0 Å². The Morgan fingerprint density at radius 3 is 2.57 bits per heavy atom. The monoisotopic (exact) mass is 276 g/mol. The lowest BCUT2D eigenvalue weighted by Crippen LogP contribution is -2.20. The molecule has 0 atom stereocenters. The summed E-state index contributed by atoms with van der Waals surface area (Å²) in [5.41, 5.74) is 8.34. The Balaban J connectivity index is 2.28. The number of anilines is 1. The van der Waals surface area contributed by atoms with Crippen LogP contribution in [0.15, 0.2) is 66.4 Å². The van der Waals surface area contributed by atoms with E-state index in [0.717, 1.165) is 17.9 Å². The summed E-state index contributed by atoms with van der Waals surface area (Å²) < 4.78 is 0. The average Bonchev–Trinajstić information content (AvgIpc) is 2.50. The van der Waals surface area contributed by atoms with E-state index in [1.807, 2.05) is 7.05 Å². The molecule has 0 saturated heterocycles. The molecule has 2 heteroatoms. The van der Waals surface area contributed by atoms with E-state index in [4.69, 9.17) is 0 Å². The van der Waals surface area contributed by atoms with Gasteiger partial charge in [-0.1, -0.05) is 48.5 Å². The van der Waals surface area contributed by atoms with Gasteiger partial charge in [0.2, 0.25) is 0 Å². The minimum absolute atomic E-state index is 0.795. The van der Waals surface area contributed by atoms with Crippen LogP contribution in [-0.2, 0) is 0 Å². The predicted octanol–water partition coefficient (Wildman–Crippen LogP) is 3.96. The Morgan fingerprint density at radius 2 is 1.86 bits per heavy atom. The number of rotatable bonds is 3. The van der Waals surface area contributed by atoms with Crippen LogP contribution in [0.2, 0.25) is 0 Å². The lowest BCUT2D eigenvalue weighted by Gasteiger charge is -2.27. The second-order valence-electron chi connectivity index (χ2n) is 5.40. The van der Waals surface area contributed by atoms with E-state index >= 15 is 0 Å². The van der Waals surface area contributed by atoms with Crippen LogP contribution >= 0.6 is 0 Å². The first-order chi connectivity index (χ1) is 10.2. The van der Waals surface area contributed by atoms with Gasteiger partial charge in [-0.05, 0) is 42.8 Å². The van der Waals surface area contributed by atoms with E-state index in [-0.39, 0.29) is 0 Å². The fourth-order valence-electron chi connectivity index (χ4n) is 2.83. The van der Waals surface area contributed by atoms with E-state index in [1.165, 1.54) is 27.8 Å². The first kappa shape index (κ1) is 13.7. The number of benzene rings is 2. The van der Waals surface area contributed by atoms with E-state index < -0.39 is 0 Å². The second-order valence-corrected chi connectivity index (χ2v) is 5.40. The fraction of sp³-hybridized carbons (Fsp3) is 0.158. The van der Waals surface area contributed by atoms with Gasteiger partial charge in [0.05, 0.1) is 0 Å². The number of hydrogen-bond acceptors (Lipinski definition) is 2. The van der Waals surface area contributed by atoms with E-state index in [1.54, 1.807) is 0 Å². The number of fused-ring (bicyclic) bond motifs is 1. The fourth-order valence-corrected chi connectivity index (χ4v) is 2.83. The zero-order valence-corrected chi connectivity index (χ0v) is 12.5. The van der Waals surface area contributed by atoms with Gasteiger partial charge in [0, 0.05) is 23.5 Å². The molecule has 2 N–H and O–H groups in total. The summed E-state index contributed by atoms with van der Waals surface area (Å²) in [4.78, 5) is 0. The maximum atomic E-state index is 4.20. The minimum Gasteiger partial charge on any atom is -0.355 e. The van der Waals surface area contributed by atoms with Crippen LogP contribution in [0.4, 0.5) is 5.69 Å². The zero-order valence-electron chi connectivity index (χ0n) is 12.5. The van der Waals surface area contributed by atoms with Crippen LogP contribution in [-0.4, -0.2) is 13.6 Å². The molecule has 2 aromatic rings. The SMILES string of the molecule is C=C1Nc2ccc(C)cc2C(c2ccccc2)=C1CNC. The molecule has 0 radical (unpaired) electrons. The quantitative estimate of drug-likeness (QED) is 0.887. The Morgan fingerprint density at radius 1 is 1.10 bits per heavy atom. The topological polar surface area (TPSA) is 24.1 Å². The van der Waals surface area contributed by atoms with Gasteiger partial charge >= 0.3 is 0 Å². The average molecular weight is 276 g/mol. The maximum Gasteiger partial charge on any atom is 0.0464 e. The van der Waals surface area contributed by atoms with E-state index in [9.17, 15) is 0 Å². The summed E-state index contributed by atoms with van der Waals surface area (Å²) in [6.07, 6.45) is 0. The molecule has 0 saturated carbocycles. The summed E-state index contributed by atoms with van der Waals surface area (Å²) in [6, 6.07) is 17.0. The Hall–Kier alpha value is -2.32. The highest BCUT2D eigenvalue weighted by Gasteiger charge is 2.22. The van der Waals surface area contributed by atoms with Gasteiger partial charge in [-0.3, -0.25) is 0 Å². The zero-order chi connectivity index (χ0) is 14.8. The summed E-state index contributed by atoms with van der Waals surface area (Å²) in [5.74, 6) is 0. The number of aryl methyl sites for hydroxylation is 1. The van der Waals surface area contributed by atoms with Crippen molar-refractivity contribution in [2.24, 2.45) is 0 Å². The molecular formula is C19H20N2. The van der Waals surface area contributed by atoms with Crippen LogP contribution in [0.3, 0.4) is 0 Å². The number of hydrogen-bond donors (Lipinski definition) is 2. The standard InChI is InChI=1S/C19H20N2/c1-13-9-10-18-16(11-13)19(15-7-5-4-6-8-15)17(12-20-3)14(2)21-18/h4-11,20-21H,2,12H2,1,3H3. The molecule has 3 rings (SSSR count). The van der Waals surface area contributed by atoms with Crippen molar-refractivity contribution in [2.75, 3.05) is 18.9 Å². The van der Waals surface area contributed by atoms with Crippen LogP contribution in [0.5, 0.6) is 0 Å². The first-order valence-electron chi connectivity index (χ1n) is 7.21. The second kappa shape index (κ2) is 5.58. The van der Waals surface area contributed by atoms with Crippen molar-refractivity contribution in [3.05, 3.63) is 83.1 Å². The van der Waals surface area contributed by atoms with E-state index in [2.05, 4.69) is 72.7 Å². The third-order valence-corrected chi connectivity index (χ3v) is 3.81. The van der Waals surface area contributed by atoms with Gasteiger partial charge in [-0.25, -0.2) is 0 Å². The molecule has 1 heterocycles. The number of nitrogens with one attached hydrogen (secondary N) is 2. The van der Waals surface area contributed by atoms with Crippen molar-refractivity contribution in [2.45, 2.75) is 6.92 Å². The molecule has 0 spiro atoms. The smallest absolute Gasteiger partial charge is 0.0464 e. The molecule has 0 fully saturated rings. The lowest BCUT2D eigenvalue weighted by molar-refractivity contribution is 0.886. The van der Waals surface area contributed by atoms with Crippen molar-refractivity contribution in [3.8, 4) is 0 Å². The van der Waals surface area contributed by atoms with Crippen molar-refractivity contribution >= 4 is 11.3 Å². The molecule has 0 aromatic heterocycles. The molecule has 1 aliphatic rings. The molecule has 21 heavy (non-hydrogen) atoms. The Bertz CT molecular complexity index is 712. The van der Waals surface area contributed by atoms with Crippen LogP contribution in [0.1, 0.15) is 16.7 Å². The summed E-state index contributed by atoms with van der Waals surface area (Å²) in [6.45, 7) is 7.13. The number of likely N-dealkylation sites (N-methyl/N-ethyl adjacent to an activating group) is 1. The van der Waals surface area contributed by atoms with Gasteiger partial charge in [-0.2, -0.15) is 0 Å². The van der Waals surface area contributed by atoms with Crippen LogP contribution in [0.25, 0.3) is 5.57 Å². The Labute approximate surface area is 126 Å². The molecule has 2 aromatic carbocycles. The van der Waals surface area contributed by atoms with Gasteiger partial charge in [-0.15, -0.1) is 0 Å². The molecule has 0 bridgehead atoms. The van der Waals surface area contributed by atoms with Gasteiger partial charge in [0.25, 0.3) is 0 Å². The Kier molecular flexibility index (Phi) is 3.63. The maximum absolute atomic E-state index is 4.20. The summed E-state index contributed by atoms with van der Waals surface area (Å²) in [5, 5.41) is 6.68. The summed E-state index contributed by atoms with van der Waals surface area (Å²) in [7, 11) is 1.97. The van der Waals surface area contributed by atoms with Crippen LogP contribution < -0.4 is 10.6 Å². The molecule has 0 amide bonds. The highest BCUT2D eigenvalue weighted by atomic mass is 14.9. The van der Waals surface area contributed by atoms with Crippen molar-refractivity contribution in [3.63, 3.8) is 0 Å². The van der Waals surface area contributed by atoms with Gasteiger partial charge in [0.1, 0.15) is 0 Å². The largest absolute Gasteiger partial charge is 0.355 e. The van der Waals surface area contributed by atoms with Crippen molar-refractivity contribution in [1.82, 2.24) is 5.32 Å². The first-order valence-corrected chi connectivity index (χ1v) is 7.21. The molecule has 0 unspecified atom stereocenters. The molecular weight excluding hydrogens is 256 g/mol. The summed E-state index contributed by atoms with van der Waals surface area (Å²) >= 11 is 0. The molecule has 106 valence electrons. The van der Waals surface area contributed by atoms with Crippen molar-refractivity contribution < 1.29 is 0 Å². The minimum atomic E-state index is 0.795. The molecule has 1 aliphatic heterocycles. The van der Waals surface area contributed by atoms with Gasteiger partial charge < -0.3 is 10.6 Å². The normalized spacial score (nSPS) is 13.9. The molecule has 2 nitrogen and oxygen atoms in total. The third kappa shape index (κ3) is 2.50.